The largest absolute Gasteiger partial charge is 0.339 e. The van der Waals surface area contributed by atoms with Crippen LogP contribution >= 0.6 is 11.6 Å². The highest BCUT2D eigenvalue weighted by molar-refractivity contribution is 7.91. The van der Waals surface area contributed by atoms with E-state index in [1.54, 1.807) is 0 Å². The lowest BCUT2D eigenvalue weighted by molar-refractivity contribution is 0.355. The Bertz CT molecular complexity index is 725. The first-order valence-corrected chi connectivity index (χ1v) is 8.96. The Morgan fingerprint density at radius 2 is 2.05 bits per heavy atom. The molecule has 1 atom stereocenters. The summed E-state index contributed by atoms with van der Waals surface area (Å²) in [5.74, 6) is 1.71. The van der Waals surface area contributed by atoms with Gasteiger partial charge in [-0.2, -0.15) is 4.98 Å². The number of benzene rings is 1. The number of halogens is 1. The van der Waals surface area contributed by atoms with Gasteiger partial charge < -0.3 is 4.52 Å². The maximum Gasteiger partial charge on any atom is 0.226 e. The molecular formula is C14H15ClN2O3S. The predicted molar refractivity (Wildman–Crippen MR) is 79.0 cm³/mol. The Labute approximate surface area is 128 Å². The quantitative estimate of drug-likeness (QED) is 0.862. The van der Waals surface area contributed by atoms with Crippen molar-refractivity contribution in [1.82, 2.24) is 10.1 Å². The molecule has 2 aromatic rings. The average molecular weight is 327 g/mol. The SMILES string of the molecule is O=S1(=O)CC[C@H](Cc2nc(Cc3ccc(Cl)cc3)no2)C1. The van der Waals surface area contributed by atoms with Crippen molar-refractivity contribution >= 4 is 21.4 Å². The van der Waals surface area contributed by atoms with Crippen LogP contribution < -0.4 is 0 Å². The van der Waals surface area contributed by atoms with Crippen molar-refractivity contribution in [3.63, 3.8) is 0 Å². The van der Waals surface area contributed by atoms with Gasteiger partial charge in [-0.1, -0.05) is 28.9 Å². The summed E-state index contributed by atoms with van der Waals surface area (Å²) >= 11 is 5.84. The molecule has 1 aromatic carbocycles. The molecule has 0 bridgehead atoms. The third kappa shape index (κ3) is 3.83. The maximum atomic E-state index is 11.4. The van der Waals surface area contributed by atoms with Crippen LogP contribution in [0.2, 0.25) is 5.02 Å². The minimum absolute atomic E-state index is 0.0961. The maximum absolute atomic E-state index is 11.4. The van der Waals surface area contributed by atoms with Gasteiger partial charge in [0.2, 0.25) is 5.89 Å². The van der Waals surface area contributed by atoms with Gasteiger partial charge in [-0.05, 0) is 30.0 Å². The van der Waals surface area contributed by atoms with Crippen molar-refractivity contribution in [2.24, 2.45) is 5.92 Å². The van der Waals surface area contributed by atoms with Crippen LogP contribution in [0.3, 0.4) is 0 Å². The zero-order chi connectivity index (χ0) is 14.9. The first kappa shape index (κ1) is 14.5. The van der Waals surface area contributed by atoms with E-state index < -0.39 is 9.84 Å². The predicted octanol–water partition coefficient (Wildman–Crippen LogP) is 2.29. The van der Waals surface area contributed by atoms with Gasteiger partial charge in [0.1, 0.15) is 0 Å². The van der Waals surface area contributed by atoms with Crippen LogP contribution in [0.5, 0.6) is 0 Å². The molecule has 112 valence electrons. The first-order chi connectivity index (χ1) is 10.00. The van der Waals surface area contributed by atoms with Gasteiger partial charge in [-0.3, -0.25) is 0 Å². The van der Waals surface area contributed by atoms with Gasteiger partial charge in [0.25, 0.3) is 0 Å². The molecule has 7 heteroatoms. The molecule has 0 spiro atoms. The van der Waals surface area contributed by atoms with E-state index in [1.807, 2.05) is 24.3 Å². The van der Waals surface area contributed by atoms with Gasteiger partial charge >= 0.3 is 0 Å². The van der Waals surface area contributed by atoms with Crippen molar-refractivity contribution in [2.75, 3.05) is 11.5 Å². The summed E-state index contributed by atoms with van der Waals surface area (Å²) in [6, 6.07) is 7.48. The molecule has 1 saturated heterocycles. The Kier molecular flexibility index (Phi) is 3.99. The fourth-order valence-electron chi connectivity index (χ4n) is 2.51. The van der Waals surface area contributed by atoms with Gasteiger partial charge in [-0.15, -0.1) is 0 Å². The summed E-state index contributed by atoms with van der Waals surface area (Å²) in [4.78, 5) is 4.33. The van der Waals surface area contributed by atoms with E-state index in [2.05, 4.69) is 10.1 Å². The number of rotatable bonds is 4. The van der Waals surface area contributed by atoms with E-state index in [0.717, 1.165) is 5.56 Å². The Hall–Kier alpha value is -1.40. The highest BCUT2D eigenvalue weighted by Gasteiger charge is 2.29. The average Bonchev–Trinajstić information content (AvgIpc) is 2.99. The molecule has 1 aliphatic rings. The molecule has 1 fully saturated rings. The number of nitrogens with zero attached hydrogens (tertiary/aromatic N) is 2. The summed E-state index contributed by atoms with van der Waals surface area (Å²) in [6.07, 6.45) is 1.79. The standard InChI is InChI=1S/C14H15ClN2O3S/c15-12-3-1-10(2-4-12)7-13-16-14(20-17-13)8-11-5-6-21(18,19)9-11/h1-4,11H,5-9H2/t11-/m1/s1. The van der Waals surface area contributed by atoms with Gasteiger partial charge in [0.15, 0.2) is 15.7 Å². The molecule has 3 rings (SSSR count). The molecule has 0 N–H and O–H groups in total. The Morgan fingerprint density at radius 1 is 1.29 bits per heavy atom. The molecule has 21 heavy (non-hydrogen) atoms. The van der Waals surface area contributed by atoms with Crippen molar-refractivity contribution in [1.29, 1.82) is 0 Å². The topological polar surface area (TPSA) is 73.1 Å². The van der Waals surface area contributed by atoms with Gasteiger partial charge in [0.05, 0.1) is 11.5 Å². The lowest BCUT2D eigenvalue weighted by atomic mass is 10.1. The summed E-state index contributed by atoms with van der Waals surface area (Å²) in [6.45, 7) is 0. The van der Waals surface area contributed by atoms with Crippen molar-refractivity contribution in [3.05, 3.63) is 46.6 Å². The Balaban J connectivity index is 1.62. The van der Waals surface area contributed by atoms with E-state index in [1.165, 1.54) is 0 Å². The number of sulfone groups is 1. The van der Waals surface area contributed by atoms with Crippen LogP contribution in [0.25, 0.3) is 0 Å². The van der Waals surface area contributed by atoms with Gasteiger partial charge in [0, 0.05) is 17.9 Å². The normalized spacial score (nSPS) is 20.7. The second-order valence-electron chi connectivity index (χ2n) is 5.38. The third-order valence-corrected chi connectivity index (χ3v) is 5.66. The molecule has 0 unspecified atom stereocenters. The minimum atomic E-state index is -2.86. The molecule has 2 heterocycles. The van der Waals surface area contributed by atoms with Crippen LogP contribution in [0.4, 0.5) is 0 Å². The summed E-state index contributed by atoms with van der Waals surface area (Å²) < 4.78 is 28.1. The molecule has 1 aromatic heterocycles. The monoisotopic (exact) mass is 326 g/mol. The number of hydrogen-bond donors (Lipinski definition) is 0. The van der Waals surface area contributed by atoms with Crippen LogP contribution in [0.15, 0.2) is 28.8 Å². The second kappa shape index (κ2) is 5.77. The summed E-state index contributed by atoms with van der Waals surface area (Å²) in [7, 11) is -2.86. The minimum Gasteiger partial charge on any atom is -0.339 e. The number of hydrogen-bond acceptors (Lipinski definition) is 5. The van der Waals surface area contributed by atoms with Crippen molar-refractivity contribution < 1.29 is 12.9 Å². The molecule has 0 amide bonds. The highest BCUT2D eigenvalue weighted by Crippen LogP contribution is 2.22. The number of aromatic nitrogens is 2. The molecule has 0 radical (unpaired) electrons. The zero-order valence-corrected chi connectivity index (χ0v) is 12.9. The fourth-order valence-corrected chi connectivity index (χ4v) is 4.50. The lowest BCUT2D eigenvalue weighted by Crippen LogP contribution is -2.07. The third-order valence-electron chi connectivity index (χ3n) is 3.58. The Morgan fingerprint density at radius 3 is 2.71 bits per heavy atom. The van der Waals surface area contributed by atoms with E-state index in [9.17, 15) is 8.42 Å². The van der Waals surface area contributed by atoms with Crippen LogP contribution in [0, 0.1) is 5.92 Å². The molecule has 1 aliphatic heterocycles. The van der Waals surface area contributed by atoms with Gasteiger partial charge in [-0.25, -0.2) is 8.42 Å². The first-order valence-electron chi connectivity index (χ1n) is 6.76. The van der Waals surface area contributed by atoms with Crippen molar-refractivity contribution in [2.45, 2.75) is 19.3 Å². The zero-order valence-electron chi connectivity index (χ0n) is 11.3. The second-order valence-corrected chi connectivity index (χ2v) is 8.05. The van der Waals surface area contributed by atoms with Crippen LogP contribution in [-0.4, -0.2) is 30.1 Å². The summed E-state index contributed by atoms with van der Waals surface area (Å²) in [5.41, 5.74) is 1.05. The van der Waals surface area contributed by atoms with E-state index in [0.29, 0.717) is 36.0 Å². The molecule has 0 aliphatic carbocycles. The van der Waals surface area contributed by atoms with E-state index in [-0.39, 0.29) is 17.4 Å². The fraction of sp³-hybridized carbons (Fsp3) is 0.429. The molecular weight excluding hydrogens is 312 g/mol. The molecule has 0 saturated carbocycles. The van der Waals surface area contributed by atoms with Crippen LogP contribution in [0.1, 0.15) is 23.7 Å². The van der Waals surface area contributed by atoms with Crippen LogP contribution in [-0.2, 0) is 22.7 Å². The molecule has 5 nitrogen and oxygen atoms in total. The highest BCUT2D eigenvalue weighted by atomic mass is 35.5. The lowest BCUT2D eigenvalue weighted by Gasteiger charge is -2.01. The summed E-state index contributed by atoms with van der Waals surface area (Å²) in [5, 5.41) is 4.63. The van der Waals surface area contributed by atoms with E-state index >= 15 is 0 Å². The van der Waals surface area contributed by atoms with E-state index in [4.69, 9.17) is 16.1 Å². The van der Waals surface area contributed by atoms with Crippen molar-refractivity contribution in [3.8, 4) is 0 Å². The smallest absolute Gasteiger partial charge is 0.226 e.